The van der Waals surface area contributed by atoms with Crippen molar-refractivity contribution in [2.75, 3.05) is 6.26 Å². The molecule has 0 spiro atoms. The zero-order valence-corrected chi connectivity index (χ0v) is 13.6. The Morgan fingerprint density at radius 3 is 2.59 bits per heavy atom. The van der Waals surface area contributed by atoms with E-state index in [1.807, 2.05) is 16.8 Å². The quantitative estimate of drug-likeness (QED) is 0.843. The number of amides is 1. The van der Waals surface area contributed by atoms with E-state index in [-0.39, 0.29) is 18.5 Å². The summed E-state index contributed by atoms with van der Waals surface area (Å²) in [6.45, 7) is 0.115. The van der Waals surface area contributed by atoms with Crippen molar-refractivity contribution in [1.82, 2.24) is 4.57 Å². The second-order valence-corrected chi connectivity index (χ2v) is 7.98. The molecule has 1 atom stereocenters. The van der Waals surface area contributed by atoms with Crippen LogP contribution >= 0.6 is 11.3 Å². The first-order valence-electron chi connectivity index (χ1n) is 6.50. The van der Waals surface area contributed by atoms with Crippen molar-refractivity contribution in [2.24, 2.45) is 5.73 Å². The van der Waals surface area contributed by atoms with Crippen LogP contribution in [0.1, 0.15) is 6.42 Å². The van der Waals surface area contributed by atoms with Crippen LogP contribution in [-0.2, 0) is 21.2 Å². The lowest BCUT2D eigenvalue weighted by molar-refractivity contribution is -0.117. The van der Waals surface area contributed by atoms with Crippen LogP contribution < -0.4 is 11.3 Å². The zero-order chi connectivity index (χ0) is 16.3. The van der Waals surface area contributed by atoms with Crippen molar-refractivity contribution in [3.05, 3.63) is 45.5 Å². The molecule has 2 rings (SSSR count). The molecule has 0 aliphatic heterocycles. The molecule has 2 heterocycles. The second-order valence-electron chi connectivity index (χ2n) is 4.97. The third kappa shape index (κ3) is 3.83. The molecule has 118 valence electrons. The van der Waals surface area contributed by atoms with Gasteiger partial charge in [0.15, 0.2) is 9.84 Å². The fourth-order valence-corrected chi connectivity index (χ4v) is 3.75. The molecule has 2 aromatic rings. The van der Waals surface area contributed by atoms with Gasteiger partial charge in [-0.05, 0) is 40.4 Å². The summed E-state index contributed by atoms with van der Waals surface area (Å²) in [5.74, 6) is -0.898. The van der Waals surface area contributed by atoms with Gasteiger partial charge in [0.05, 0.1) is 0 Å². The van der Waals surface area contributed by atoms with Gasteiger partial charge >= 0.3 is 0 Å². The van der Waals surface area contributed by atoms with Crippen LogP contribution in [0.3, 0.4) is 0 Å². The highest BCUT2D eigenvalue weighted by Crippen LogP contribution is 2.20. The van der Waals surface area contributed by atoms with E-state index in [0.717, 1.165) is 17.4 Å². The molecule has 0 saturated heterocycles. The Balaban J connectivity index is 2.17. The molecule has 6 nitrogen and oxygen atoms in total. The van der Waals surface area contributed by atoms with Crippen LogP contribution in [-0.4, -0.2) is 30.4 Å². The minimum absolute atomic E-state index is 0.0220. The van der Waals surface area contributed by atoms with Gasteiger partial charge in [-0.25, -0.2) is 8.42 Å². The lowest BCUT2D eigenvalue weighted by atomic mass is 10.1. The van der Waals surface area contributed by atoms with Gasteiger partial charge < -0.3 is 10.3 Å². The fraction of sp³-hybridized carbons (Fsp3) is 0.286. The SMILES string of the molecule is CS(=O)(=O)C(CCn1ccc(-c2ccsc2)cc1=O)C(N)=O. The molecule has 0 fully saturated rings. The Morgan fingerprint density at radius 2 is 2.09 bits per heavy atom. The summed E-state index contributed by atoms with van der Waals surface area (Å²) in [4.78, 5) is 23.3. The van der Waals surface area contributed by atoms with Gasteiger partial charge in [-0.1, -0.05) is 0 Å². The number of rotatable bonds is 6. The van der Waals surface area contributed by atoms with Gasteiger partial charge in [-0.15, -0.1) is 0 Å². The maximum Gasteiger partial charge on any atom is 0.251 e. The van der Waals surface area contributed by atoms with Crippen molar-refractivity contribution < 1.29 is 13.2 Å². The van der Waals surface area contributed by atoms with E-state index in [4.69, 9.17) is 5.73 Å². The zero-order valence-electron chi connectivity index (χ0n) is 11.9. The molecule has 0 saturated carbocycles. The maximum atomic E-state index is 12.1. The van der Waals surface area contributed by atoms with Crippen LogP contribution in [0.2, 0.25) is 0 Å². The Kier molecular flexibility index (Phi) is 4.82. The summed E-state index contributed by atoms with van der Waals surface area (Å²) >= 11 is 1.54. The van der Waals surface area contributed by atoms with Crippen LogP contribution in [0.5, 0.6) is 0 Å². The summed E-state index contributed by atoms with van der Waals surface area (Å²) in [5, 5.41) is 2.58. The predicted molar refractivity (Wildman–Crippen MR) is 86.5 cm³/mol. The van der Waals surface area contributed by atoms with Crippen LogP contribution in [0.25, 0.3) is 11.1 Å². The first-order valence-corrected chi connectivity index (χ1v) is 9.40. The van der Waals surface area contributed by atoms with Gasteiger partial charge in [-0.3, -0.25) is 9.59 Å². The molecule has 0 aromatic carbocycles. The fourth-order valence-electron chi connectivity index (χ4n) is 2.12. The average molecular weight is 340 g/mol. The van der Waals surface area contributed by atoms with Crippen molar-refractivity contribution in [2.45, 2.75) is 18.2 Å². The van der Waals surface area contributed by atoms with Crippen molar-refractivity contribution >= 4 is 27.1 Å². The molecule has 0 aliphatic carbocycles. The first-order chi connectivity index (χ1) is 10.3. The van der Waals surface area contributed by atoms with E-state index in [1.54, 1.807) is 12.3 Å². The standard InChI is InChI=1S/C14H16N2O4S2/c1-22(19,20)12(14(15)18)3-6-16-5-2-10(8-13(16)17)11-4-7-21-9-11/h2,4-5,7-9,12H,3,6H2,1H3,(H2,15,18). The summed E-state index contributed by atoms with van der Waals surface area (Å²) < 4.78 is 24.4. The Hall–Kier alpha value is -1.93. The Labute approximate surface area is 132 Å². The van der Waals surface area contributed by atoms with Crippen molar-refractivity contribution in [3.8, 4) is 11.1 Å². The second kappa shape index (κ2) is 6.45. The molecule has 2 N–H and O–H groups in total. The normalized spacial score (nSPS) is 13.0. The van der Waals surface area contributed by atoms with Crippen LogP contribution in [0.15, 0.2) is 40.0 Å². The number of pyridine rings is 1. The Morgan fingerprint density at radius 1 is 1.36 bits per heavy atom. The Bertz CT molecular complexity index is 823. The first kappa shape index (κ1) is 16.4. The largest absolute Gasteiger partial charge is 0.369 e. The third-order valence-electron chi connectivity index (χ3n) is 3.32. The summed E-state index contributed by atoms with van der Waals surface area (Å²) in [6, 6.07) is 5.18. The number of primary amides is 1. The molecule has 22 heavy (non-hydrogen) atoms. The topological polar surface area (TPSA) is 99.2 Å². The molecule has 1 unspecified atom stereocenters. The van der Waals surface area contributed by atoms with Crippen LogP contribution in [0.4, 0.5) is 0 Å². The lowest BCUT2D eigenvalue weighted by Crippen LogP contribution is -2.36. The van der Waals surface area contributed by atoms with Crippen molar-refractivity contribution in [1.29, 1.82) is 0 Å². The minimum Gasteiger partial charge on any atom is -0.369 e. The number of hydrogen-bond donors (Lipinski definition) is 1. The van der Waals surface area contributed by atoms with Crippen molar-refractivity contribution in [3.63, 3.8) is 0 Å². The van der Waals surface area contributed by atoms with Gasteiger partial charge in [0.25, 0.3) is 5.56 Å². The number of nitrogens with zero attached hydrogens (tertiary/aromatic N) is 1. The van der Waals surface area contributed by atoms with Crippen LogP contribution in [0, 0.1) is 0 Å². The number of aromatic nitrogens is 1. The van der Waals surface area contributed by atoms with Gasteiger partial charge in [0.1, 0.15) is 5.25 Å². The molecule has 0 radical (unpaired) electrons. The highest BCUT2D eigenvalue weighted by molar-refractivity contribution is 7.92. The monoisotopic (exact) mass is 340 g/mol. The lowest BCUT2D eigenvalue weighted by Gasteiger charge is -2.12. The molecule has 2 aromatic heterocycles. The predicted octanol–water partition coefficient (Wildman–Crippen LogP) is 0.865. The van der Waals surface area contributed by atoms with Gasteiger partial charge in [0.2, 0.25) is 5.91 Å². The average Bonchev–Trinajstić information content (AvgIpc) is 2.92. The summed E-state index contributed by atoms with van der Waals surface area (Å²) in [6.07, 6.45) is 2.53. The van der Waals surface area contributed by atoms with Gasteiger partial charge in [-0.2, -0.15) is 11.3 Å². The smallest absolute Gasteiger partial charge is 0.251 e. The molecule has 0 aliphatic rings. The van der Waals surface area contributed by atoms with E-state index in [9.17, 15) is 18.0 Å². The minimum atomic E-state index is -3.58. The highest BCUT2D eigenvalue weighted by Gasteiger charge is 2.26. The van der Waals surface area contributed by atoms with E-state index >= 15 is 0 Å². The number of carbonyl (C=O) groups excluding carboxylic acids is 1. The van der Waals surface area contributed by atoms with E-state index in [0.29, 0.717) is 0 Å². The maximum absolute atomic E-state index is 12.1. The van der Waals surface area contributed by atoms with Gasteiger partial charge in [0, 0.05) is 25.1 Å². The number of hydrogen-bond acceptors (Lipinski definition) is 5. The molecule has 0 bridgehead atoms. The summed E-state index contributed by atoms with van der Waals surface area (Å²) in [7, 11) is -3.58. The molecular weight excluding hydrogens is 324 g/mol. The number of aryl methyl sites for hydroxylation is 1. The van der Waals surface area contributed by atoms with E-state index in [2.05, 4.69) is 0 Å². The highest BCUT2D eigenvalue weighted by atomic mass is 32.2. The van der Waals surface area contributed by atoms with E-state index < -0.39 is 21.0 Å². The number of sulfone groups is 1. The molecular formula is C14H16N2O4S2. The third-order valence-corrected chi connectivity index (χ3v) is 5.50. The number of nitrogens with two attached hydrogens (primary N) is 1. The molecule has 1 amide bonds. The van der Waals surface area contributed by atoms with E-state index in [1.165, 1.54) is 22.0 Å². The number of carbonyl (C=O) groups is 1. The summed E-state index contributed by atoms with van der Waals surface area (Å²) in [5.41, 5.74) is 6.62. The molecule has 8 heteroatoms. The number of thiophene rings is 1.